The summed E-state index contributed by atoms with van der Waals surface area (Å²) in [5.41, 5.74) is 5.26. The first-order chi connectivity index (χ1) is 9.24. The van der Waals surface area contributed by atoms with Gasteiger partial charge >= 0.3 is 0 Å². The van der Waals surface area contributed by atoms with Crippen LogP contribution < -0.4 is 5.73 Å². The van der Waals surface area contributed by atoms with Crippen molar-refractivity contribution in [2.75, 3.05) is 45.4 Å². The van der Waals surface area contributed by atoms with Crippen LogP contribution in [0.1, 0.15) is 26.7 Å². The van der Waals surface area contributed by atoms with Gasteiger partial charge in [-0.05, 0) is 26.8 Å². The minimum Gasteiger partial charge on any atom is -0.358 e. The molecule has 0 amide bonds. The van der Waals surface area contributed by atoms with Crippen LogP contribution in [0.3, 0.4) is 0 Å². The van der Waals surface area contributed by atoms with Crippen molar-refractivity contribution >= 4 is 14.7 Å². The fraction of sp³-hybridized carbons (Fsp3) is 0.846. The molecule has 2 N–H and O–H groups in total. The van der Waals surface area contributed by atoms with E-state index in [9.17, 15) is 9.13 Å². The Hall–Kier alpha value is -0.170. The number of hydrogen-bond donors (Lipinski definition) is 1. The van der Waals surface area contributed by atoms with Crippen molar-refractivity contribution in [3.05, 3.63) is 7.43 Å². The fourth-order valence-corrected chi connectivity index (χ4v) is 3.92. The van der Waals surface area contributed by atoms with Gasteiger partial charge in [-0.15, -0.1) is 0 Å². The zero-order valence-corrected chi connectivity index (χ0v) is 15.8. The average Bonchev–Trinajstić information content (AvgIpc) is 2.35. The molecular weight excluding hydrogens is 310 g/mol. The molecule has 0 saturated heterocycles. The van der Waals surface area contributed by atoms with Gasteiger partial charge in [0.25, 0.3) is 0 Å². The van der Waals surface area contributed by atoms with Crippen LogP contribution in [0.25, 0.3) is 0 Å². The number of nitrogens with two attached hydrogens (primary N) is 1. The molecular formula is C13H31N2O4P2-. The quantitative estimate of drug-likeness (QED) is 0.508. The molecule has 0 aromatic rings. The lowest BCUT2D eigenvalue weighted by molar-refractivity contribution is 0.336. The third kappa shape index (κ3) is 19.8. The molecule has 0 bridgehead atoms. The van der Waals surface area contributed by atoms with Crippen LogP contribution in [0.4, 0.5) is 0 Å². The molecule has 0 aliphatic heterocycles. The van der Waals surface area contributed by atoms with Gasteiger partial charge in [0, 0.05) is 32.1 Å². The van der Waals surface area contributed by atoms with Crippen LogP contribution in [0.5, 0.6) is 0 Å². The van der Waals surface area contributed by atoms with Gasteiger partial charge in [-0.3, -0.25) is 9.13 Å². The molecule has 21 heavy (non-hydrogen) atoms. The molecule has 0 radical (unpaired) electrons. The van der Waals surface area contributed by atoms with E-state index in [2.05, 4.69) is 0 Å². The molecule has 6 nitrogen and oxygen atoms in total. The summed E-state index contributed by atoms with van der Waals surface area (Å²) >= 11 is 0. The van der Waals surface area contributed by atoms with E-state index in [1.807, 2.05) is 13.0 Å². The van der Waals surface area contributed by atoms with Gasteiger partial charge in [0.1, 0.15) is 0 Å². The Balaban J connectivity index is -0.000000295. The lowest BCUT2D eigenvalue weighted by Gasteiger charge is -2.10. The Morgan fingerprint density at radius 1 is 1.05 bits per heavy atom. The molecule has 0 saturated carbocycles. The van der Waals surface area contributed by atoms with Crippen molar-refractivity contribution in [1.82, 2.24) is 0 Å². The minimum atomic E-state index is -2.43. The summed E-state index contributed by atoms with van der Waals surface area (Å²) in [6.45, 7) is 8.43. The molecule has 0 rings (SSSR count). The van der Waals surface area contributed by atoms with Crippen molar-refractivity contribution in [2.45, 2.75) is 26.7 Å². The predicted octanol–water partition coefficient (Wildman–Crippen LogP) is 3.57. The highest BCUT2D eigenvalue weighted by molar-refractivity contribution is 7.58. The van der Waals surface area contributed by atoms with E-state index in [1.165, 1.54) is 0 Å². The van der Waals surface area contributed by atoms with Crippen LogP contribution in [-0.4, -0.2) is 45.4 Å². The van der Waals surface area contributed by atoms with Crippen LogP contribution in [-0.2, 0) is 18.2 Å². The zero-order chi connectivity index (χ0) is 16.1. The highest BCUT2D eigenvalue weighted by Crippen LogP contribution is 2.43. The summed E-state index contributed by atoms with van der Waals surface area (Å²) in [6.07, 6.45) is 2.08. The lowest BCUT2D eigenvalue weighted by atomic mass is 10.5. The largest absolute Gasteiger partial charge is 0.358 e. The van der Waals surface area contributed by atoms with Crippen molar-refractivity contribution in [3.63, 3.8) is 0 Å². The third-order valence-electron chi connectivity index (χ3n) is 2.20. The number of nitriles is 1. The molecule has 2 unspecified atom stereocenters. The molecule has 0 aliphatic rings. The molecule has 128 valence electrons. The molecule has 8 heteroatoms. The molecule has 0 aromatic carbocycles. The van der Waals surface area contributed by atoms with Crippen molar-refractivity contribution in [2.24, 2.45) is 5.73 Å². The molecule has 0 heterocycles. The monoisotopic (exact) mass is 341 g/mol. The predicted molar refractivity (Wildman–Crippen MR) is 90.4 cm³/mol. The van der Waals surface area contributed by atoms with Crippen molar-refractivity contribution in [3.8, 4) is 6.07 Å². The van der Waals surface area contributed by atoms with Crippen LogP contribution in [0.15, 0.2) is 0 Å². The molecule has 0 spiro atoms. The highest BCUT2D eigenvalue weighted by Gasteiger charge is 2.13. The molecule has 0 aromatic heterocycles. The summed E-state index contributed by atoms with van der Waals surface area (Å²) in [6, 6.07) is 1.93. The Morgan fingerprint density at radius 3 is 1.81 bits per heavy atom. The summed E-state index contributed by atoms with van der Waals surface area (Å²) in [7, 11) is -4.72. The number of nitrogens with zero attached hydrogens (tertiary/aromatic N) is 1. The minimum absolute atomic E-state index is 0. The Bertz CT molecular complexity index is 370. The highest BCUT2D eigenvalue weighted by atomic mass is 31.2. The first-order valence-corrected chi connectivity index (χ1v) is 11.2. The van der Waals surface area contributed by atoms with Gasteiger partial charge in [-0.2, -0.15) is 5.26 Å². The van der Waals surface area contributed by atoms with E-state index in [1.54, 1.807) is 20.3 Å². The normalized spacial score (nSPS) is 15.4. The Labute approximate surface area is 130 Å². The second-order valence-electron chi connectivity index (χ2n) is 4.36. The lowest BCUT2D eigenvalue weighted by Crippen LogP contribution is -2.03. The summed E-state index contributed by atoms with van der Waals surface area (Å²) in [5, 5.41) is 8.17. The third-order valence-corrected chi connectivity index (χ3v) is 5.98. The maximum absolute atomic E-state index is 11.3. The van der Waals surface area contributed by atoms with E-state index >= 15 is 0 Å². The van der Waals surface area contributed by atoms with Crippen molar-refractivity contribution < 1.29 is 18.2 Å². The molecule has 2 atom stereocenters. The second kappa shape index (κ2) is 14.8. The number of rotatable bonds is 9. The second-order valence-corrected chi connectivity index (χ2v) is 9.83. The smallest absolute Gasteiger partial charge is 0.201 e. The van der Waals surface area contributed by atoms with E-state index in [4.69, 9.17) is 20.0 Å². The van der Waals surface area contributed by atoms with Crippen LogP contribution >= 0.6 is 14.7 Å². The van der Waals surface area contributed by atoms with Gasteiger partial charge < -0.3 is 22.2 Å². The molecule has 0 aliphatic carbocycles. The summed E-state index contributed by atoms with van der Waals surface area (Å²) in [4.78, 5) is 0. The van der Waals surface area contributed by atoms with Gasteiger partial charge in [0.05, 0.1) is 19.3 Å². The van der Waals surface area contributed by atoms with E-state index in [0.717, 1.165) is 6.42 Å². The van der Waals surface area contributed by atoms with Gasteiger partial charge in [-0.1, -0.05) is 0 Å². The van der Waals surface area contributed by atoms with Crippen molar-refractivity contribution in [1.29, 1.82) is 5.26 Å². The van der Waals surface area contributed by atoms with Crippen LogP contribution in [0, 0.1) is 18.8 Å². The average molecular weight is 341 g/mol. The Kier molecular flexibility index (Phi) is 18.1. The summed E-state index contributed by atoms with van der Waals surface area (Å²) in [5.74, 6) is 0. The topological polar surface area (TPSA) is 102 Å². The molecule has 0 fully saturated rings. The maximum atomic E-state index is 11.3. The summed E-state index contributed by atoms with van der Waals surface area (Å²) < 4.78 is 32.5. The maximum Gasteiger partial charge on any atom is 0.201 e. The van der Waals surface area contributed by atoms with Gasteiger partial charge in [0.15, 0.2) is 7.37 Å². The van der Waals surface area contributed by atoms with Crippen LogP contribution in [0.2, 0.25) is 0 Å². The zero-order valence-electron chi connectivity index (χ0n) is 14.0. The van der Waals surface area contributed by atoms with Gasteiger partial charge in [0.2, 0.25) is 7.37 Å². The number of hydrogen-bond acceptors (Lipinski definition) is 6. The SMILES string of the molecule is CCOP(C)(=O)CCC#N.CCOP(C)(=O)CCCN.[CH3-]. The first kappa shape index (κ1) is 25.8. The fourth-order valence-electron chi connectivity index (χ4n) is 1.31. The van der Waals surface area contributed by atoms with E-state index < -0.39 is 14.7 Å². The standard InChI is InChI=1S/C6H16NO2P.C6H12NO2P.CH3/c2*1-3-9-10(2,8)6-4-5-7;/h3-7H2,1-2H3;3-4,6H2,1-2H3;1H3/q;;-1. The first-order valence-electron chi connectivity index (χ1n) is 6.73. The van der Waals surface area contributed by atoms with Gasteiger partial charge in [-0.25, -0.2) is 0 Å². The Morgan fingerprint density at radius 2 is 1.48 bits per heavy atom. The van der Waals surface area contributed by atoms with E-state index in [-0.39, 0.29) is 7.43 Å². The van der Waals surface area contributed by atoms with E-state index in [0.29, 0.717) is 38.5 Å².